The Morgan fingerprint density at radius 2 is 1.96 bits per heavy atom. The fraction of sp³-hybridized carbons (Fsp3) is 0.167. The van der Waals surface area contributed by atoms with Crippen LogP contribution in [0.25, 0.3) is 0 Å². The van der Waals surface area contributed by atoms with Crippen LogP contribution in [0, 0.1) is 6.92 Å². The number of halogens is 2. The Kier molecular flexibility index (Phi) is 5.86. The van der Waals surface area contributed by atoms with Crippen LogP contribution in [0.2, 0.25) is 10.0 Å². The van der Waals surface area contributed by atoms with Gasteiger partial charge in [0.25, 0.3) is 0 Å². The van der Waals surface area contributed by atoms with Crippen molar-refractivity contribution in [2.75, 3.05) is 5.32 Å². The lowest BCUT2D eigenvalue weighted by Crippen LogP contribution is -2.28. The van der Waals surface area contributed by atoms with Gasteiger partial charge in [0.1, 0.15) is 5.25 Å². The number of benzene rings is 2. The van der Waals surface area contributed by atoms with Crippen LogP contribution in [-0.4, -0.2) is 22.2 Å². The van der Waals surface area contributed by atoms with Gasteiger partial charge in [-0.1, -0.05) is 41.0 Å². The molecule has 2 amide bonds. The smallest absolute Gasteiger partial charge is 0.240 e. The summed E-state index contributed by atoms with van der Waals surface area (Å²) < 4.78 is 0. The molecule has 134 valence electrons. The molecule has 1 aliphatic rings. The molecule has 2 aromatic carbocycles. The van der Waals surface area contributed by atoms with Gasteiger partial charge in [0.15, 0.2) is 5.17 Å². The van der Waals surface area contributed by atoms with Gasteiger partial charge in [-0.25, -0.2) is 4.99 Å². The molecule has 3 rings (SSSR count). The van der Waals surface area contributed by atoms with Crippen LogP contribution in [-0.2, 0) is 9.59 Å². The molecule has 0 saturated carbocycles. The Morgan fingerprint density at radius 3 is 2.69 bits per heavy atom. The van der Waals surface area contributed by atoms with E-state index in [0.717, 1.165) is 5.56 Å². The van der Waals surface area contributed by atoms with E-state index in [2.05, 4.69) is 15.6 Å². The summed E-state index contributed by atoms with van der Waals surface area (Å²) in [7, 11) is 0. The van der Waals surface area contributed by atoms with Crippen LogP contribution in [0.4, 0.5) is 11.4 Å². The Labute approximate surface area is 165 Å². The van der Waals surface area contributed by atoms with E-state index in [1.165, 1.54) is 11.8 Å². The minimum absolute atomic E-state index is 0.0437. The predicted octanol–water partition coefficient (Wildman–Crippen LogP) is 4.55. The molecule has 26 heavy (non-hydrogen) atoms. The zero-order valence-electron chi connectivity index (χ0n) is 13.8. The summed E-state index contributed by atoms with van der Waals surface area (Å²) in [6, 6.07) is 12.2. The molecule has 1 fully saturated rings. The highest BCUT2D eigenvalue weighted by molar-refractivity contribution is 8.15. The number of carbonyl (C=O) groups excluding carboxylic acids is 2. The number of hydrogen-bond donors (Lipinski definition) is 2. The molecular weight excluding hydrogens is 393 g/mol. The molecule has 2 N–H and O–H groups in total. The van der Waals surface area contributed by atoms with Crippen molar-refractivity contribution in [3.63, 3.8) is 0 Å². The third-order valence-electron chi connectivity index (χ3n) is 3.75. The molecule has 1 heterocycles. The molecule has 8 heteroatoms. The fourth-order valence-corrected chi connectivity index (χ4v) is 3.63. The lowest BCUT2D eigenvalue weighted by molar-refractivity contribution is -0.122. The summed E-state index contributed by atoms with van der Waals surface area (Å²) in [4.78, 5) is 28.7. The predicted molar refractivity (Wildman–Crippen MR) is 108 cm³/mol. The SMILES string of the molecule is Cc1c(Cl)cccc1NC(=O)C[C@@H]1SC(=Nc2ccc(Cl)cc2)NC1=O. The summed E-state index contributed by atoms with van der Waals surface area (Å²) in [5.41, 5.74) is 2.11. The van der Waals surface area contributed by atoms with Gasteiger partial charge in [0, 0.05) is 22.2 Å². The summed E-state index contributed by atoms with van der Waals surface area (Å²) in [5.74, 6) is -0.489. The van der Waals surface area contributed by atoms with Crippen LogP contribution in [0.5, 0.6) is 0 Å². The molecule has 1 saturated heterocycles. The lowest BCUT2D eigenvalue weighted by Gasteiger charge is -2.10. The van der Waals surface area contributed by atoms with Crippen LogP contribution in [0.3, 0.4) is 0 Å². The fourth-order valence-electron chi connectivity index (χ4n) is 2.34. The third kappa shape index (κ3) is 4.58. The summed E-state index contributed by atoms with van der Waals surface area (Å²) >= 11 is 13.1. The van der Waals surface area contributed by atoms with Gasteiger partial charge in [0.2, 0.25) is 11.8 Å². The second-order valence-electron chi connectivity index (χ2n) is 5.65. The Hall–Kier alpha value is -2.02. The second-order valence-corrected chi connectivity index (χ2v) is 7.69. The maximum absolute atomic E-state index is 12.3. The van der Waals surface area contributed by atoms with Crippen molar-refractivity contribution in [2.24, 2.45) is 4.99 Å². The molecular formula is C18H15Cl2N3O2S. The van der Waals surface area contributed by atoms with Crippen LogP contribution >= 0.6 is 35.0 Å². The lowest BCUT2D eigenvalue weighted by atomic mass is 10.2. The van der Waals surface area contributed by atoms with Gasteiger partial charge in [-0.15, -0.1) is 0 Å². The van der Waals surface area contributed by atoms with Gasteiger partial charge in [-0.2, -0.15) is 0 Å². The van der Waals surface area contributed by atoms with E-state index in [4.69, 9.17) is 23.2 Å². The summed E-state index contributed by atoms with van der Waals surface area (Å²) in [6.07, 6.45) is 0.0437. The molecule has 1 atom stereocenters. The van der Waals surface area contributed by atoms with Crippen molar-refractivity contribution in [3.8, 4) is 0 Å². The molecule has 5 nitrogen and oxygen atoms in total. The maximum atomic E-state index is 12.3. The number of hydrogen-bond acceptors (Lipinski definition) is 4. The number of nitrogens with zero attached hydrogens (tertiary/aromatic N) is 1. The van der Waals surface area contributed by atoms with E-state index in [-0.39, 0.29) is 18.2 Å². The Bertz CT molecular complexity index is 885. The highest BCUT2D eigenvalue weighted by Crippen LogP contribution is 2.27. The number of aliphatic imine (C=N–C) groups is 1. The largest absolute Gasteiger partial charge is 0.326 e. The number of amidine groups is 1. The van der Waals surface area contributed by atoms with Gasteiger partial charge >= 0.3 is 0 Å². The molecule has 1 aliphatic heterocycles. The van der Waals surface area contributed by atoms with E-state index in [9.17, 15) is 9.59 Å². The number of amides is 2. The molecule has 2 aromatic rings. The van der Waals surface area contributed by atoms with Crippen molar-refractivity contribution in [2.45, 2.75) is 18.6 Å². The first kappa shape index (κ1) is 18.8. The van der Waals surface area contributed by atoms with E-state index in [1.54, 1.807) is 42.5 Å². The summed E-state index contributed by atoms with van der Waals surface area (Å²) in [6.45, 7) is 1.83. The van der Waals surface area contributed by atoms with Crippen LogP contribution in [0.15, 0.2) is 47.5 Å². The Balaban J connectivity index is 1.63. The Morgan fingerprint density at radius 1 is 1.23 bits per heavy atom. The third-order valence-corrected chi connectivity index (χ3v) is 5.49. The number of carbonyl (C=O) groups is 2. The minimum atomic E-state index is -0.527. The summed E-state index contributed by atoms with van der Waals surface area (Å²) in [5, 5.41) is 6.62. The molecule has 0 bridgehead atoms. The quantitative estimate of drug-likeness (QED) is 0.780. The van der Waals surface area contributed by atoms with E-state index in [0.29, 0.717) is 26.6 Å². The molecule has 0 unspecified atom stereocenters. The van der Waals surface area contributed by atoms with Crippen LogP contribution in [0.1, 0.15) is 12.0 Å². The van der Waals surface area contributed by atoms with Gasteiger partial charge in [0.05, 0.1) is 5.69 Å². The zero-order chi connectivity index (χ0) is 18.7. The van der Waals surface area contributed by atoms with Gasteiger partial charge in [-0.3, -0.25) is 9.59 Å². The minimum Gasteiger partial charge on any atom is -0.326 e. The van der Waals surface area contributed by atoms with Crippen molar-refractivity contribution < 1.29 is 9.59 Å². The molecule has 0 aliphatic carbocycles. The first-order chi connectivity index (χ1) is 12.4. The standard InChI is InChI=1S/C18H15Cl2N3O2S/c1-10-13(20)3-2-4-14(10)22-16(24)9-15-17(25)23-18(26-15)21-12-7-5-11(19)6-8-12/h2-8,15H,9H2,1H3,(H,22,24)(H,21,23,25)/t15-/m0/s1. The average molecular weight is 408 g/mol. The van der Waals surface area contributed by atoms with Gasteiger partial charge in [-0.05, 0) is 48.9 Å². The number of rotatable bonds is 4. The molecule has 0 spiro atoms. The van der Waals surface area contributed by atoms with Crippen molar-refractivity contribution >= 4 is 63.3 Å². The van der Waals surface area contributed by atoms with Crippen molar-refractivity contribution in [1.29, 1.82) is 0 Å². The van der Waals surface area contributed by atoms with Gasteiger partial charge < -0.3 is 10.6 Å². The monoisotopic (exact) mass is 407 g/mol. The number of anilines is 1. The molecule has 0 radical (unpaired) electrons. The zero-order valence-corrected chi connectivity index (χ0v) is 16.1. The highest BCUT2D eigenvalue weighted by atomic mass is 35.5. The molecule has 0 aromatic heterocycles. The van der Waals surface area contributed by atoms with Crippen molar-refractivity contribution in [1.82, 2.24) is 5.32 Å². The topological polar surface area (TPSA) is 70.6 Å². The van der Waals surface area contributed by atoms with Crippen molar-refractivity contribution in [3.05, 3.63) is 58.1 Å². The number of thioether (sulfide) groups is 1. The van der Waals surface area contributed by atoms with E-state index in [1.807, 2.05) is 6.92 Å². The first-order valence-corrected chi connectivity index (χ1v) is 9.42. The number of nitrogens with one attached hydrogen (secondary N) is 2. The van der Waals surface area contributed by atoms with Crippen LogP contribution < -0.4 is 10.6 Å². The second kappa shape index (κ2) is 8.12. The van der Waals surface area contributed by atoms with E-state index >= 15 is 0 Å². The van der Waals surface area contributed by atoms with E-state index < -0.39 is 5.25 Å². The first-order valence-electron chi connectivity index (χ1n) is 7.79. The normalized spacial score (nSPS) is 18.0. The highest BCUT2D eigenvalue weighted by Gasteiger charge is 2.32. The average Bonchev–Trinajstić information content (AvgIpc) is 2.93. The maximum Gasteiger partial charge on any atom is 0.240 e.